The van der Waals surface area contributed by atoms with Crippen LogP contribution in [0.5, 0.6) is 0 Å². The zero-order valence-electron chi connectivity index (χ0n) is 11.4. The fourth-order valence-corrected chi connectivity index (χ4v) is 2.17. The van der Waals surface area contributed by atoms with Crippen molar-refractivity contribution in [1.82, 2.24) is 10.3 Å². The molecule has 1 aromatic carbocycles. The van der Waals surface area contributed by atoms with Crippen molar-refractivity contribution >= 4 is 35.2 Å². The fraction of sp³-hybridized carbons (Fsp3) is 0.0625. The first-order valence-corrected chi connectivity index (χ1v) is 7.09. The SMILES string of the molecule is N#C/C(=C/c1ccc(Cl)cc1Cl)C(=O)NCc1cccnc1. The van der Waals surface area contributed by atoms with Gasteiger partial charge in [0.15, 0.2) is 0 Å². The van der Waals surface area contributed by atoms with Crippen molar-refractivity contribution in [2.45, 2.75) is 6.54 Å². The molecule has 6 heteroatoms. The third-order valence-corrected chi connectivity index (χ3v) is 3.37. The van der Waals surface area contributed by atoms with Crippen molar-refractivity contribution in [3.8, 4) is 6.07 Å². The van der Waals surface area contributed by atoms with Crippen molar-refractivity contribution in [2.24, 2.45) is 0 Å². The summed E-state index contributed by atoms with van der Waals surface area (Å²) in [4.78, 5) is 16.0. The van der Waals surface area contributed by atoms with Crippen molar-refractivity contribution in [1.29, 1.82) is 5.26 Å². The van der Waals surface area contributed by atoms with Crippen molar-refractivity contribution in [3.05, 3.63) is 69.5 Å². The molecule has 0 radical (unpaired) electrons. The molecule has 0 atom stereocenters. The average molecular weight is 332 g/mol. The van der Waals surface area contributed by atoms with Crippen molar-refractivity contribution < 1.29 is 4.79 Å². The second-order valence-corrected chi connectivity index (χ2v) is 5.22. The smallest absolute Gasteiger partial charge is 0.262 e. The van der Waals surface area contributed by atoms with Crippen molar-refractivity contribution in [2.75, 3.05) is 0 Å². The minimum absolute atomic E-state index is 0.0342. The summed E-state index contributed by atoms with van der Waals surface area (Å²) in [5.74, 6) is -0.475. The highest BCUT2D eigenvalue weighted by molar-refractivity contribution is 6.35. The van der Waals surface area contributed by atoms with E-state index in [4.69, 9.17) is 28.5 Å². The van der Waals surface area contributed by atoms with Crippen LogP contribution in [-0.4, -0.2) is 10.9 Å². The maximum Gasteiger partial charge on any atom is 0.262 e. The lowest BCUT2D eigenvalue weighted by atomic mass is 10.1. The van der Waals surface area contributed by atoms with E-state index in [1.807, 2.05) is 12.1 Å². The molecule has 22 heavy (non-hydrogen) atoms. The molecular formula is C16H11Cl2N3O. The summed E-state index contributed by atoms with van der Waals surface area (Å²) in [5.41, 5.74) is 1.37. The van der Waals surface area contributed by atoms with Gasteiger partial charge in [0.2, 0.25) is 0 Å². The Hall–Kier alpha value is -2.35. The number of halogens is 2. The molecule has 0 bridgehead atoms. The van der Waals surface area contributed by atoms with Gasteiger partial charge in [-0.3, -0.25) is 9.78 Å². The van der Waals surface area contributed by atoms with Gasteiger partial charge in [-0.2, -0.15) is 5.26 Å². The first kappa shape index (κ1) is 16.0. The molecule has 4 nitrogen and oxygen atoms in total. The maximum absolute atomic E-state index is 12.0. The Morgan fingerprint density at radius 2 is 2.18 bits per heavy atom. The Morgan fingerprint density at radius 1 is 1.36 bits per heavy atom. The van der Waals surface area contributed by atoms with Gasteiger partial charge in [0.05, 0.1) is 0 Å². The van der Waals surface area contributed by atoms with Gasteiger partial charge in [-0.05, 0) is 35.4 Å². The van der Waals surface area contributed by atoms with Crippen LogP contribution in [0.4, 0.5) is 0 Å². The zero-order chi connectivity index (χ0) is 15.9. The van der Waals surface area contributed by atoms with Crippen LogP contribution in [0.25, 0.3) is 6.08 Å². The minimum atomic E-state index is -0.475. The molecule has 2 aromatic rings. The van der Waals surface area contributed by atoms with Crippen LogP contribution >= 0.6 is 23.2 Å². The Kier molecular flexibility index (Phi) is 5.54. The molecule has 0 unspecified atom stereocenters. The first-order chi connectivity index (χ1) is 10.6. The van der Waals surface area contributed by atoms with Crippen LogP contribution in [0.15, 0.2) is 48.3 Å². The summed E-state index contributed by atoms with van der Waals surface area (Å²) < 4.78 is 0. The number of amides is 1. The van der Waals surface area contributed by atoms with Gasteiger partial charge in [-0.25, -0.2) is 0 Å². The lowest BCUT2D eigenvalue weighted by molar-refractivity contribution is -0.117. The van der Waals surface area contributed by atoms with Crippen LogP contribution in [0.1, 0.15) is 11.1 Å². The molecule has 1 heterocycles. The highest BCUT2D eigenvalue weighted by Gasteiger charge is 2.10. The second kappa shape index (κ2) is 7.60. The third kappa shape index (κ3) is 4.32. The summed E-state index contributed by atoms with van der Waals surface area (Å²) in [6.07, 6.45) is 4.72. The number of nitrogens with one attached hydrogen (secondary N) is 1. The van der Waals surface area contributed by atoms with E-state index in [2.05, 4.69) is 10.3 Å². The third-order valence-electron chi connectivity index (χ3n) is 2.80. The molecule has 0 fully saturated rings. The number of carbonyl (C=O) groups is 1. The second-order valence-electron chi connectivity index (χ2n) is 4.38. The number of aromatic nitrogens is 1. The van der Waals surface area contributed by atoms with E-state index in [1.165, 1.54) is 6.08 Å². The van der Waals surface area contributed by atoms with Crippen LogP contribution in [0.2, 0.25) is 10.0 Å². The van der Waals surface area contributed by atoms with Crippen LogP contribution < -0.4 is 5.32 Å². The molecule has 0 saturated carbocycles. The molecule has 0 aliphatic carbocycles. The highest BCUT2D eigenvalue weighted by atomic mass is 35.5. The van der Waals surface area contributed by atoms with Crippen LogP contribution in [0, 0.1) is 11.3 Å². The van der Waals surface area contributed by atoms with E-state index in [0.29, 0.717) is 22.2 Å². The van der Waals surface area contributed by atoms with E-state index < -0.39 is 5.91 Å². The van der Waals surface area contributed by atoms with E-state index in [0.717, 1.165) is 5.56 Å². The molecular weight excluding hydrogens is 321 g/mol. The predicted molar refractivity (Wildman–Crippen MR) is 86.1 cm³/mol. The molecule has 110 valence electrons. The number of nitriles is 1. The fourth-order valence-electron chi connectivity index (χ4n) is 1.70. The monoisotopic (exact) mass is 331 g/mol. The molecule has 1 N–H and O–H groups in total. The van der Waals surface area contributed by atoms with E-state index in [-0.39, 0.29) is 5.57 Å². The number of carbonyl (C=O) groups excluding carboxylic acids is 1. The number of hydrogen-bond acceptors (Lipinski definition) is 3. The Balaban J connectivity index is 2.12. The molecule has 0 spiro atoms. The van der Waals surface area contributed by atoms with Gasteiger partial charge in [0.25, 0.3) is 5.91 Å². The van der Waals surface area contributed by atoms with E-state index in [1.54, 1.807) is 36.7 Å². The van der Waals surface area contributed by atoms with Gasteiger partial charge in [0.1, 0.15) is 11.6 Å². The van der Waals surface area contributed by atoms with Gasteiger partial charge in [-0.15, -0.1) is 0 Å². The lowest BCUT2D eigenvalue weighted by Crippen LogP contribution is -2.24. The molecule has 1 aromatic heterocycles. The number of hydrogen-bond donors (Lipinski definition) is 1. The van der Waals surface area contributed by atoms with Crippen LogP contribution in [-0.2, 0) is 11.3 Å². The standard InChI is InChI=1S/C16H11Cl2N3O/c17-14-4-3-12(15(18)7-14)6-13(8-19)16(22)21-10-11-2-1-5-20-9-11/h1-7,9H,10H2,(H,21,22)/b13-6-. The number of rotatable bonds is 4. The zero-order valence-corrected chi connectivity index (χ0v) is 12.9. The first-order valence-electron chi connectivity index (χ1n) is 6.34. The largest absolute Gasteiger partial charge is 0.347 e. The molecule has 1 amide bonds. The lowest BCUT2D eigenvalue weighted by Gasteiger charge is -2.05. The van der Waals surface area contributed by atoms with E-state index in [9.17, 15) is 4.79 Å². The molecule has 0 aliphatic rings. The normalized spacial score (nSPS) is 10.9. The summed E-state index contributed by atoms with van der Waals surface area (Å²) in [6, 6.07) is 10.3. The Labute approximate surface area is 138 Å². The summed E-state index contributed by atoms with van der Waals surface area (Å²) in [6.45, 7) is 0.292. The maximum atomic E-state index is 12.0. The number of nitrogens with zero attached hydrogens (tertiary/aromatic N) is 2. The Bertz CT molecular complexity index is 752. The molecule has 0 saturated heterocycles. The van der Waals surface area contributed by atoms with Gasteiger partial charge < -0.3 is 5.32 Å². The summed E-state index contributed by atoms with van der Waals surface area (Å²) in [7, 11) is 0. The van der Waals surface area contributed by atoms with Gasteiger partial charge >= 0.3 is 0 Å². The van der Waals surface area contributed by atoms with E-state index >= 15 is 0 Å². The topological polar surface area (TPSA) is 65.8 Å². The molecule has 2 rings (SSSR count). The predicted octanol–water partition coefficient (Wildman–Crippen LogP) is 3.61. The molecule has 0 aliphatic heterocycles. The van der Waals surface area contributed by atoms with Crippen LogP contribution in [0.3, 0.4) is 0 Å². The Morgan fingerprint density at radius 3 is 2.82 bits per heavy atom. The number of benzene rings is 1. The van der Waals surface area contributed by atoms with Gasteiger partial charge in [0, 0.05) is 29.0 Å². The van der Waals surface area contributed by atoms with Gasteiger partial charge in [-0.1, -0.05) is 35.3 Å². The van der Waals surface area contributed by atoms with Crippen molar-refractivity contribution in [3.63, 3.8) is 0 Å². The minimum Gasteiger partial charge on any atom is -0.347 e. The average Bonchev–Trinajstić information content (AvgIpc) is 2.53. The number of pyridine rings is 1. The summed E-state index contributed by atoms with van der Waals surface area (Å²) in [5, 5.41) is 12.7. The summed E-state index contributed by atoms with van der Waals surface area (Å²) >= 11 is 11.8. The highest BCUT2D eigenvalue weighted by Crippen LogP contribution is 2.23. The quantitative estimate of drug-likeness (QED) is 0.687.